The number of hydrogen-bond donors (Lipinski definition) is 2. The maximum Gasteiger partial charge on any atom is 0.0971 e. The second kappa shape index (κ2) is 2.64. The largest absolute Gasteiger partial charge is 0.234 e. The molecule has 3 N–H and O–H groups in total. The number of likely N-dealkylation sites (tertiary alicyclic amines) is 1. The van der Waals surface area contributed by atoms with Gasteiger partial charge in [-0.3, -0.25) is 0 Å². The van der Waals surface area contributed by atoms with Crippen LogP contribution in [0.5, 0.6) is 0 Å². The quantitative estimate of drug-likeness (QED) is 0.298. The molecule has 9 heavy (non-hydrogen) atoms. The molecule has 0 aromatic rings. The number of rotatable bonds is 1. The number of nitrogens with one attached hydrogen (secondary N) is 1. The van der Waals surface area contributed by atoms with Crippen LogP contribution in [0, 0.1) is 0 Å². The van der Waals surface area contributed by atoms with Gasteiger partial charge in [0.25, 0.3) is 0 Å². The first-order valence-corrected chi connectivity index (χ1v) is 3.59. The summed E-state index contributed by atoms with van der Waals surface area (Å²) < 4.78 is 0.847. The normalized spacial score (nSPS) is 26.0. The molecule has 0 unspecified atom stereocenters. The minimum atomic E-state index is 0.847. The summed E-state index contributed by atoms with van der Waals surface area (Å²) in [6.45, 7) is 2.35. The predicted octanol–water partition coefficient (Wildman–Crippen LogP) is -0.00480. The maximum absolute atomic E-state index is 5.36. The van der Waals surface area contributed by atoms with Gasteiger partial charge in [-0.2, -0.15) is 0 Å². The molecule has 0 atom stereocenters. The fourth-order valence-electron chi connectivity index (χ4n) is 1.34. The van der Waals surface area contributed by atoms with Crippen LogP contribution < -0.4 is 11.4 Å². The van der Waals surface area contributed by atoms with Gasteiger partial charge in [-0.25, -0.2) is 10.4 Å². The van der Waals surface area contributed by atoms with E-state index in [2.05, 4.69) is 12.6 Å². The monoisotopic (exact) mass is 130 g/mol. The number of nitrogens with two attached hydrogens (primary N) is 1. The van der Waals surface area contributed by atoms with E-state index in [0.29, 0.717) is 0 Å². The molecule has 0 saturated carbocycles. The number of hydrogen-bond acceptors (Lipinski definition) is 2. The van der Waals surface area contributed by atoms with E-state index in [4.69, 9.17) is 5.84 Å². The zero-order chi connectivity index (χ0) is 6.74. The fraction of sp³-hybridized carbons (Fsp3) is 1.00. The minimum absolute atomic E-state index is 0.847. The number of piperidine rings is 1. The highest BCUT2D eigenvalue weighted by Crippen LogP contribution is 2.11. The molecule has 0 bridgehead atoms. The Morgan fingerprint density at radius 2 is 1.78 bits per heavy atom. The van der Waals surface area contributed by atoms with Crippen LogP contribution in [0.3, 0.4) is 0 Å². The second-order valence-electron chi connectivity index (χ2n) is 3.03. The zero-order valence-corrected chi connectivity index (χ0v) is 6.06. The molecule has 1 saturated heterocycles. The average Bonchev–Trinajstić information content (AvgIpc) is 1.90. The summed E-state index contributed by atoms with van der Waals surface area (Å²) in [5.41, 5.74) is 2.82. The highest BCUT2D eigenvalue weighted by Gasteiger charge is 2.22. The molecule has 0 aromatic heterocycles. The first kappa shape index (κ1) is 6.99. The molecule has 1 rings (SSSR count). The highest BCUT2D eigenvalue weighted by atomic mass is 15.7. The van der Waals surface area contributed by atoms with Crippen molar-refractivity contribution in [2.45, 2.75) is 19.3 Å². The lowest BCUT2D eigenvalue weighted by atomic mass is 10.1. The van der Waals surface area contributed by atoms with Gasteiger partial charge in [-0.15, -0.1) is 5.53 Å². The van der Waals surface area contributed by atoms with E-state index in [1.54, 1.807) is 0 Å². The van der Waals surface area contributed by atoms with Crippen molar-refractivity contribution in [3.8, 4) is 0 Å². The second-order valence-corrected chi connectivity index (χ2v) is 3.03. The van der Waals surface area contributed by atoms with Crippen molar-refractivity contribution < 1.29 is 4.59 Å². The van der Waals surface area contributed by atoms with Crippen molar-refractivity contribution in [3.05, 3.63) is 0 Å². The number of nitrogens with zero attached hydrogens (tertiary/aromatic N) is 1. The van der Waals surface area contributed by atoms with Gasteiger partial charge in [0, 0.05) is 0 Å². The van der Waals surface area contributed by atoms with Gasteiger partial charge in [-0.05, 0) is 19.3 Å². The van der Waals surface area contributed by atoms with Crippen molar-refractivity contribution in [3.63, 3.8) is 0 Å². The van der Waals surface area contributed by atoms with E-state index in [1.807, 2.05) is 0 Å². The Hall–Kier alpha value is -0.120. The lowest BCUT2D eigenvalue weighted by Gasteiger charge is -2.34. The van der Waals surface area contributed by atoms with Gasteiger partial charge in [0.2, 0.25) is 0 Å². The molecule has 1 aliphatic rings. The number of hydrazine groups is 1. The molecule has 0 aromatic carbocycles. The van der Waals surface area contributed by atoms with E-state index in [-0.39, 0.29) is 0 Å². The van der Waals surface area contributed by atoms with E-state index in [9.17, 15) is 0 Å². The van der Waals surface area contributed by atoms with Crippen LogP contribution in [-0.2, 0) is 0 Å². The lowest BCUT2D eigenvalue weighted by Crippen LogP contribution is -2.60. The molecule has 3 heteroatoms. The topological polar surface area (TPSA) is 38.0 Å². The van der Waals surface area contributed by atoms with Crippen molar-refractivity contribution >= 4 is 0 Å². The minimum Gasteiger partial charge on any atom is -0.234 e. The molecule has 0 amide bonds. The van der Waals surface area contributed by atoms with E-state index in [1.165, 1.54) is 32.4 Å². The highest BCUT2D eigenvalue weighted by molar-refractivity contribution is 4.47. The summed E-state index contributed by atoms with van der Waals surface area (Å²) in [4.78, 5) is 0. The molecule has 1 fully saturated rings. The molecule has 1 aliphatic heterocycles. The van der Waals surface area contributed by atoms with Crippen LogP contribution in [-0.4, -0.2) is 24.7 Å². The smallest absolute Gasteiger partial charge is 0.0971 e. The van der Waals surface area contributed by atoms with Crippen molar-refractivity contribution in [2.24, 2.45) is 5.84 Å². The summed E-state index contributed by atoms with van der Waals surface area (Å²) >= 11 is 0. The molecule has 54 valence electrons. The van der Waals surface area contributed by atoms with E-state index < -0.39 is 0 Å². The molecular weight excluding hydrogens is 114 g/mol. The summed E-state index contributed by atoms with van der Waals surface area (Å²) in [6, 6.07) is 0. The van der Waals surface area contributed by atoms with E-state index >= 15 is 0 Å². The first-order chi connectivity index (χ1) is 4.27. The Morgan fingerprint density at radius 3 is 2.11 bits per heavy atom. The number of quaternary nitrogens is 1. The Bertz CT molecular complexity index is 86.3. The van der Waals surface area contributed by atoms with Crippen molar-refractivity contribution in [1.82, 2.24) is 5.53 Å². The van der Waals surface area contributed by atoms with Crippen LogP contribution in [0.2, 0.25) is 0 Å². The third-order valence-electron chi connectivity index (χ3n) is 2.11. The van der Waals surface area contributed by atoms with Gasteiger partial charge in [0.15, 0.2) is 0 Å². The third-order valence-corrected chi connectivity index (χ3v) is 2.11. The van der Waals surface area contributed by atoms with Crippen LogP contribution in [0.25, 0.3) is 0 Å². The SMILES string of the molecule is C[N+]1(NN)CCCCC1. The summed E-state index contributed by atoms with van der Waals surface area (Å²) in [5, 5.41) is 0. The van der Waals surface area contributed by atoms with Gasteiger partial charge in [-0.1, -0.05) is 0 Å². The van der Waals surface area contributed by atoms with Gasteiger partial charge >= 0.3 is 0 Å². The molecule has 1 heterocycles. The van der Waals surface area contributed by atoms with Crippen LogP contribution in [0.4, 0.5) is 0 Å². The fourth-order valence-corrected chi connectivity index (χ4v) is 1.34. The molecule has 0 radical (unpaired) electrons. The van der Waals surface area contributed by atoms with E-state index in [0.717, 1.165) is 4.59 Å². The Morgan fingerprint density at radius 1 is 1.22 bits per heavy atom. The Kier molecular flexibility index (Phi) is 2.05. The maximum atomic E-state index is 5.36. The van der Waals surface area contributed by atoms with Crippen LogP contribution in [0.1, 0.15) is 19.3 Å². The van der Waals surface area contributed by atoms with Crippen LogP contribution >= 0.6 is 0 Å². The van der Waals surface area contributed by atoms with Gasteiger partial charge < -0.3 is 0 Å². The van der Waals surface area contributed by atoms with Crippen LogP contribution in [0.15, 0.2) is 0 Å². The third kappa shape index (κ3) is 1.64. The molecule has 0 spiro atoms. The summed E-state index contributed by atoms with van der Waals surface area (Å²) in [5.74, 6) is 5.36. The van der Waals surface area contributed by atoms with Crippen molar-refractivity contribution in [1.29, 1.82) is 0 Å². The van der Waals surface area contributed by atoms with Gasteiger partial charge in [0.05, 0.1) is 20.1 Å². The average molecular weight is 130 g/mol. The molecule has 3 nitrogen and oxygen atoms in total. The Labute approximate surface area is 56.4 Å². The molecular formula is C6H16N3+. The predicted molar refractivity (Wildman–Crippen MR) is 37.1 cm³/mol. The summed E-state index contributed by atoms with van der Waals surface area (Å²) in [7, 11) is 2.14. The Balaban J connectivity index is 2.37. The van der Waals surface area contributed by atoms with Crippen molar-refractivity contribution in [2.75, 3.05) is 20.1 Å². The summed E-state index contributed by atoms with van der Waals surface area (Å²) in [6.07, 6.45) is 3.98. The standard InChI is InChI=1S/C6H16N3/c1-9(8-7)5-3-2-4-6-9/h8H,2-7H2,1H3/q+1. The van der Waals surface area contributed by atoms with Gasteiger partial charge in [0.1, 0.15) is 0 Å². The lowest BCUT2D eigenvalue weighted by molar-refractivity contribution is -0.957. The first-order valence-electron chi connectivity index (χ1n) is 3.59. The zero-order valence-electron chi connectivity index (χ0n) is 6.06. The molecule has 0 aliphatic carbocycles.